The Morgan fingerprint density at radius 2 is 2.22 bits per heavy atom. The highest BCUT2D eigenvalue weighted by Crippen LogP contribution is 2.28. The van der Waals surface area contributed by atoms with Gasteiger partial charge in [-0.15, -0.1) is 0 Å². The molecule has 1 aliphatic carbocycles. The highest BCUT2D eigenvalue weighted by Gasteiger charge is 2.33. The molecule has 0 spiro atoms. The van der Waals surface area contributed by atoms with E-state index in [1.54, 1.807) is 0 Å². The fourth-order valence-corrected chi connectivity index (χ4v) is 1.97. The van der Waals surface area contributed by atoms with E-state index in [4.69, 9.17) is 0 Å². The zero-order valence-electron chi connectivity index (χ0n) is 5.51. The van der Waals surface area contributed by atoms with Crippen molar-refractivity contribution >= 4 is 0 Å². The highest BCUT2D eigenvalue weighted by molar-refractivity contribution is 4.90. The predicted octanol–water partition coefficient (Wildman–Crippen LogP) is 0.119. The SMILES string of the molecule is O[C@H]1CC[C@H]2C[C@@H]1CN2. The van der Waals surface area contributed by atoms with Gasteiger partial charge in [-0.05, 0) is 25.2 Å². The van der Waals surface area contributed by atoms with Crippen molar-refractivity contribution in [3.05, 3.63) is 0 Å². The number of nitrogens with one attached hydrogen (secondary N) is 1. The highest BCUT2D eigenvalue weighted by atomic mass is 16.3. The van der Waals surface area contributed by atoms with Crippen molar-refractivity contribution in [3.8, 4) is 0 Å². The minimum Gasteiger partial charge on any atom is -0.393 e. The van der Waals surface area contributed by atoms with Gasteiger partial charge in [0.05, 0.1) is 6.10 Å². The number of hydrogen-bond acceptors (Lipinski definition) is 2. The van der Waals surface area contributed by atoms with Gasteiger partial charge in [0.1, 0.15) is 0 Å². The average molecular weight is 127 g/mol. The summed E-state index contributed by atoms with van der Waals surface area (Å²) in [4.78, 5) is 0. The van der Waals surface area contributed by atoms with E-state index in [1.165, 1.54) is 12.8 Å². The van der Waals surface area contributed by atoms with Crippen LogP contribution in [0.5, 0.6) is 0 Å². The van der Waals surface area contributed by atoms with Crippen LogP contribution in [0.1, 0.15) is 19.3 Å². The Bertz CT molecular complexity index is 115. The minimum absolute atomic E-state index is 0.00347. The predicted molar refractivity (Wildman–Crippen MR) is 35.1 cm³/mol. The Labute approximate surface area is 55.3 Å². The molecule has 2 bridgehead atoms. The van der Waals surface area contributed by atoms with Crippen LogP contribution in [0.15, 0.2) is 0 Å². The molecule has 52 valence electrons. The van der Waals surface area contributed by atoms with E-state index in [9.17, 15) is 5.11 Å². The van der Waals surface area contributed by atoms with Gasteiger partial charge in [-0.1, -0.05) is 0 Å². The van der Waals surface area contributed by atoms with E-state index >= 15 is 0 Å². The van der Waals surface area contributed by atoms with Crippen molar-refractivity contribution in [2.24, 2.45) is 5.92 Å². The van der Waals surface area contributed by atoms with Crippen molar-refractivity contribution in [1.29, 1.82) is 0 Å². The molecule has 2 aliphatic rings. The van der Waals surface area contributed by atoms with E-state index < -0.39 is 0 Å². The van der Waals surface area contributed by atoms with Crippen LogP contribution in [-0.4, -0.2) is 23.8 Å². The van der Waals surface area contributed by atoms with E-state index in [1.807, 2.05) is 0 Å². The molecule has 0 aromatic carbocycles. The smallest absolute Gasteiger partial charge is 0.0581 e. The molecule has 0 amide bonds. The quantitative estimate of drug-likeness (QED) is 0.484. The molecule has 2 fully saturated rings. The molecule has 0 unspecified atom stereocenters. The van der Waals surface area contributed by atoms with Crippen molar-refractivity contribution in [2.45, 2.75) is 31.4 Å². The summed E-state index contributed by atoms with van der Waals surface area (Å²) in [5.74, 6) is 0.573. The summed E-state index contributed by atoms with van der Waals surface area (Å²) in [7, 11) is 0. The third kappa shape index (κ3) is 0.864. The van der Waals surface area contributed by atoms with Gasteiger partial charge in [0, 0.05) is 12.6 Å². The Morgan fingerprint density at radius 1 is 1.33 bits per heavy atom. The summed E-state index contributed by atoms with van der Waals surface area (Å²) < 4.78 is 0. The maximum atomic E-state index is 9.36. The molecule has 1 heterocycles. The molecular formula is C7H13NO. The number of hydrogen-bond donors (Lipinski definition) is 2. The summed E-state index contributed by atoms with van der Waals surface area (Å²) in [6, 6.07) is 0.735. The fourth-order valence-electron chi connectivity index (χ4n) is 1.97. The first-order valence-electron chi connectivity index (χ1n) is 3.78. The molecule has 2 heteroatoms. The molecule has 1 aliphatic heterocycles. The van der Waals surface area contributed by atoms with Crippen molar-refractivity contribution < 1.29 is 5.11 Å². The van der Waals surface area contributed by atoms with Gasteiger partial charge in [-0.3, -0.25) is 0 Å². The fraction of sp³-hybridized carbons (Fsp3) is 1.00. The molecule has 0 aromatic heterocycles. The largest absolute Gasteiger partial charge is 0.393 e. The van der Waals surface area contributed by atoms with Crippen LogP contribution in [0.25, 0.3) is 0 Å². The molecule has 2 rings (SSSR count). The van der Waals surface area contributed by atoms with Gasteiger partial charge in [0.2, 0.25) is 0 Å². The summed E-state index contributed by atoms with van der Waals surface area (Å²) >= 11 is 0. The number of fused-ring (bicyclic) bond motifs is 2. The molecule has 0 radical (unpaired) electrons. The Morgan fingerprint density at radius 3 is 3.00 bits per heavy atom. The number of aliphatic hydroxyl groups is 1. The zero-order valence-corrected chi connectivity index (χ0v) is 5.51. The Hall–Kier alpha value is -0.0800. The van der Waals surface area contributed by atoms with Crippen LogP contribution >= 0.6 is 0 Å². The van der Waals surface area contributed by atoms with Crippen LogP contribution in [0.3, 0.4) is 0 Å². The van der Waals surface area contributed by atoms with E-state index in [0.717, 1.165) is 19.0 Å². The Balaban J connectivity index is 2.05. The second kappa shape index (κ2) is 1.96. The molecule has 3 atom stereocenters. The summed E-state index contributed by atoms with van der Waals surface area (Å²) in [6.07, 6.45) is 3.40. The summed E-state index contributed by atoms with van der Waals surface area (Å²) in [5, 5.41) is 12.7. The van der Waals surface area contributed by atoms with Crippen LogP contribution in [-0.2, 0) is 0 Å². The monoisotopic (exact) mass is 127 g/mol. The molecular weight excluding hydrogens is 114 g/mol. The molecule has 2 nitrogen and oxygen atoms in total. The lowest BCUT2D eigenvalue weighted by Crippen LogP contribution is -2.26. The third-order valence-electron chi connectivity index (χ3n) is 2.61. The first-order valence-corrected chi connectivity index (χ1v) is 3.78. The zero-order chi connectivity index (χ0) is 6.27. The lowest BCUT2D eigenvalue weighted by Gasteiger charge is -2.22. The summed E-state index contributed by atoms with van der Waals surface area (Å²) in [6.45, 7) is 1.05. The lowest BCUT2D eigenvalue weighted by atomic mass is 9.88. The molecule has 1 saturated carbocycles. The van der Waals surface area contributed by atoms with Gasteiger partial charge < -0.3 is 10.4 Å². The van der Waals surface area contributed by atoms with E-state index in [-0.39, 0.29) is 6.10 Å². The first kappa shape index (κ1) is 5.69. The molecule has 0 aromatic rings. The molecule has 9 heavy (non-hydrogen) atoms. The summed E-state index contributed by atoms with van der Waals surface area (Å²) in [5.41, 5.74) is 0. The molecule has 2 N–H and O–H groups in total. The van der Waals surface area contributed by atoms with Crippen LogP contribution in [0.2, 0.25) is 0 Å². The second-order valence-electron chi connectivity index (χ2n) is 3.25. The first-order chi connectivity index (χ1) is 4.36. The van der Waals surface area contributed by atoms with Crippen molar-refractivity contribution in [2.75, 3.05) is 6.54 Å². The number of aliphatic hydroxyl groups excluding tert-OH is 1. The van der Waals surface area contributed by atoms with Gasteiger partial charge in [0.15, 0.2) is 0 Å². The van der Waals surface area contributed by atoms with Gasteiger partial charge >= 0.3 is 0 Å². The lowest BCUT2D eigenvalue weighted by molar-refractivity contribution is 0.0896. The minimum atomic E-state index is -0.00347. The maximum Gasteiger partial charge on any atom is 0.0581 e. The average Bonchev–Trinajstić information content (AvgIpc) is 2.25. The van der Waals surface area contributed by atoms with Gasteiger partial charge in [-0.25, -0.2) is 0 Å². The van der Waals surface area contributed by atoms with Gasteiger partial charge in [-0.2, -0.15) is 0 Å². The third-order valence-corrected chi connectivity index (χ3v) is 2.61. The van der Waals surface area contributed by atoms with Gasteiger partial charge in [0.25, 0.3) is 0 Å². The Kier molecular flexibility index (Phi) is 1.24. The standard InChI is InChI=1S/C7H13NO/c9-7-2-1-6-3-5(7)4-8-6/h5-9H,1-4H2/t5-,6+,7+/m1/s1. The van der Waals surface area contributed by atoms with E-state index in [2.05, 4.69) is 5.32 Å². The van der Waals surface area contributed by atoms with Crippen LogP contribution in [0.4, 0.5) is 0 Å². The maximum absolute atomic E-state index is 9.36. The number of rotatable bonds is 0. The topological polar surface area (TPSA) is 32.3 Å². The normalized spacial score (nSPS) is 49.7. The van der Waals surface area contributed by atoms with Crippen LogP contribution in [0, 0.1) is 5.92 Å². The second-order valence-corrected chi connectivity index (χ2v) is 3.25. The van der Waals surface area contributed by atoms with E-state index in [0.29, 0.717) is 5.92 Å². The van der Waals surface area contributed by atoms with Crippen molar-refractivity contribution in [3.63, 3.8) is 0 Å². The molecule has 1 saturated heterocycles. The van der Waals surface area contributed by atoms with Crippen molar-refractivity contribution in [1.82, 2.24) is 5.32 Å². The van der Waals surface area contributed by atoms with Crippen LogP contribution < -0.4 is 5.32 Å².